The van der Waals surface area contributed by atoms with E-state index in [4.69, 9.17) is 9.47 Å². The third kappa shape index (κ3) is 5.18. The van der Waals surface area contributed by atoms with Crippen molar-refractivity contribution in [1.29, 1.82) is 0 Å². The second kappa shape index (κ2) is 10.2. The van der Waals surface area contributed by atoms with E-state index in [9.17, 15) is 4.79 Å². The number of aromatic nitrogens is 1. The highest BCUT2D eigenvalue weighted by atomic mass is 32.2. The first-order chi connectivity index (χ1) is 14.1. The molecular weight excluding hydrogens is 424 g/mol. The van der Waals surface area contributed by atoms with Gasteiger partial charge in [-0.1, -0.05) is 23.5 Å². The molecule has 0 saturated carbocycles. The van der Waals surface area contributed by atoms with Gasteiger partial charge in [-0.25, -0.2) is 0 Å². The molecule has 1 heterocycles. The summed E-state index contributed by atoms with van der Waals surface area (Å²) in [4.78, 5) is 19.0. The SMILES string of the molecule is COc1cc2sc(=NC(=O)Cc3ccc(SC)cc3)n(CCSC)c2cc1OC. The zero-order valence-corrected chi connectivity index (χ0v) is 19.4. The molecule has 29 heavy (non-hydrogen) atoms. The minimum absolute atomic E-state index is 0.148. The molecule has 0 bridgehead atoms. The summed E-state index contributed by atoms with van der Waals surface area (Å²) in [6.45, 7) is 0.769. The van der Waals surface area contributed by atoms with Gasteiger partial charge in [0.2, 0.25) is 0 Å². The van der Waals surface area contributed by atoms with Crippen LogP contribution in [0, 0.1) is 0 Å². The van der Waals surface area contributed by atoms with Crippen LogP contribution in [-0.2, 0) is 17.8 Å². The van der Waals surface area contributed by atoms with Crippen LogP contribution in [0.1, 0.15) is 5.56 Å². The third-order valence-electron chi connectivity index (χ3n) is 4.44. The molecule has 0 aliphatic heterocycles. The fraction of sp³-hybridized carbons (Fsp3) is 0.333. The average Bonchev–Trinajstić information content (AvgIpc) is 3.07. The van der Waals surface area contributed by atoms with E-state index >= 15 is 0 Å². The van der Waals surface area contributed by atoms with Crippen LogP contribution in [0.25, 0.3) is 10.2 Å². The predicted molar refractivity (Wildman–Crippen MR) is 124 cm³/mol. The van der Waals surface area contributed by atoms with Crippen molar-refractivity contribution in [3.63, 3.8) is 0 Å². The molecule has 1 aromatic heterocycles. The Hall–Kier alpha value is -1.90. The van der Waals surface area contributed by atoms with E-state index in [1.165, 1.54) is 16.2 Å². The van der Waals surface area contributed by atoms with Crippen LogP contribution in [0.5, 0.6) is 11.5 Å². The molecule has 8 heteroatoms. The molecule has 0 N–H and O–H groups in total. The number of hydrogen-bond donors (Lipinski definition) is 0. The van der Waals surface area contributed by atoms with E-state index in [1.54, 1.807) is 37.7 Å². The number of methoxy groups -OCH3 is 2. The summed E-state index contributed by atoms with van der Waals surface area (Å²) in [5.41, 5.74) is 1.97. The molecule has 5 nitrogen and oxygen atoms in total. The van der Waals surface area contributed by atoms with Gasteiger partial charge < -0.3 is 14.0 Å². The third-order valence-corrected chi connectivity index (χ3v) is 6.82. The number of benzene rings is 2. The van der Waals surface area contributed by atoms with E-state index < -0.39 is 0 Å². The standard InChI is InChI=1S/C21H24N2O3S3/c1-25-17-12-16-19(13-18(17)26-2)29-21(23(16)9-10-27-3)22-20(24)11-14-5-7-15(28-4)8-6-14/h5-8,12-13H,9-11H2,1-4H3. The molecule has 0 aliphatic carbocycles. The van der Waals surface area contributed by atoms with Gasteiger partial charge in [0.25, 0.3) is 5.91 Å². The number of ether oxygens (including phenoxy) is 2. The first-order valence-corrected chi connectivity index (χ1v) is 12.5. The molecule has 3 rings (SSSR count). The molecule has 0 unspecified atom stereocenters. The lowest BCUT2D eigenvalue weighted by atomic mass is 10.1. The highest BCUT2D eigenvalue weighted by Crippen LogP contribution is 2.33. The lowest BCUT2D eigenvalue weighted by molar-refractivity contribution is -0.117. The summed E-state index contributed by atoms with van der Waals surface area (Å²) in [7, 11) is 3.25. The maximum absolute atomic E-state index is 12.7. The van der Waals surface area contributed by atoms with Gasteiger partial charge in [-0.3, -0.25) is 4.79 Å². The number of thioether (sulfide) groups is 2. The molecule has 154 valence electrons. The lowest BCUT2D eigenvalue weighted by Gasteiger charge is -2.09. The van der Waals surface area contributed by atoms with E-state index in [-0.39, 0.29) is 12.3 Å². The maximum Gasteiger partial charge on any atom is 0.252 e. The smallest absolute Gasteiger partial charge is 0.252 e. The number of fused-ring (bicyclic) bond motifs is 1. The quantitative estimate of drug-likeness (QED) is 0.476. The predicted octanol–water partition coefficient (Wildman–Crippen LogP) is 4.47. The highest BCUT2D eigenvalue weighted by molar-refractivity contribution is 7.98. The van der Waals surface area contributed by atoms with Crippen molar-refractivity contribution in [2.75, 3.05) is 32.5 Å². The summed E-state index contributed by atoms with van der Waals surface area (Å²) in [5.74, 6) is 2.12. The van der Waals surface area contributed by atoms with Crippen molar-refractivity contribution in [3.8, 4) is 11.5 Å². The number of amides is 1. The minimum atomic E-state index is -0.148. The fourth-order valence-electron chi connectivity index (χ4n) is 2.94. The van der Waals surface area contributed by atoms with E-state index in [2.05, 4.69) is 15.8 Å². The van der Waals surface area contributed by atoms with E-state index in [1.807, 2.05) is 42.7 Å². The van der Waals surface area contributed by atoms with Crippen LogP contribution in [0.2, 0.25) is 0 Å². The van der Waals surface area contributed by atoms with Crippen molar-refractivity contribution in [1.82, 2.24) is 4.57 Å². The van der Waals surface area contributed by atoms with Gasteiger partial charge in [-0.05, 0) is 30.2 Å². The molecule has 2 aromatic carbocycles. The Morgan fingerprint density at radius 1 is 1.10 bits per heavy atom. The Labute approximate surface area is 183 Å². The zero-order valence-electron chi connectivity index (χ0n) is 16.9. The van der Waals surface area contributed by atoms with Gasteiger partial charge >= 0.3 is 0 Å². The van der Waals surface area contributed by atoms with Crippen LogP contribution in [-0.4, -0.2) is 43.0 Å². The monoisotopic (exact) mass is 448 g/mol. The Balaban J connectivity index is 1.99. The van der Waals surface area contributed by atoms with Crippen LogP contribution < -0.4 is 14.3 Å². The van der Waals surface area contributed by atoms with Gasteiger partial charge in [-0.2, -0.15) is 16.8 Å². The topological polar surface area (TPSA) is 52.8 Å². The number of rotatable bonds is 8. The number of thiazole rings is 1. The van der Waals surface area contributed by atoms with Crippen LogP contribution in [0.3, 0.4) is 0 Å². The van der Waals surface area contributed by atoms with Crippen molar-refractivity contribution in [2.45, 2.75) is 17.9 Å². The van der Waals surface area contributed by atoms with Crippen molar-refractivity contribution in [3.05, 3.63) is 46.8 Å². The summed E-state index contributed by atoms with van der Waals surface area (Å²) in [6, 6.07) is 11.9. The molecular formula is C21H24N2O3S3. The molecule has 0 aliphatic rings. The van der Waals surface area contributed by atoms with Gasteiger partial charge in [-0.15, -0.1) is 11.8 Å². The molecule has 0 radical (unpaired) electrons. The largest absolute Gasteiger partial charge is 0.493 e. The Bertz CT molecular complexity index is 1060. The second-order valence-corrected chi connectivity index (χ2v) is 9.11. The number of hydrogen-bond acceptors (Lipinski definition) is 6. The maximum atomic E-state index is 12.7. The normalized spacial score (nSPS) is 11.8. The van der Waals surface area contributed by atoms with Gasteiger partial charge in [0.15, 0.2) is 16.3 Å². The average molecular weight is 449 g/mol. The molecule has 0 fully saturated rings. The molecule has 1 amide bonds. The summed E-state index contributed by atoms with van der Waals surface area (Å²) in [5, 5.41) is 0. The summed E-state index contributed by atoms with van der Waals surface area (Å²) >= 11 is 4.94. The van der Waals surface area contributed by atoms with Crippen molar-refractivity contribution in [2.24, 2.45) is 4.99 Å². The Kier molecular flexibility index (Phi) is 7.69. The molecule has 0 atom stereocenters. The number of nitrogens with zero attached hydrogens (tertiary/aromatic N) is 2. The van der Waals surface area contributed by atoms with Crippen molar-refractivity contribution >= 4 is 51.0 Å². The van der Waals surface area contributed by atoms with Gasteiger partial charge in [0.1, 0.15) is 0 Å². The second-order valence-electron chi connectivity index (χ2n) is 6.23. The highest BCUT2D eigenvalue weighted by Gasteiger charge is 2.13. The summed E-state index contributed by atoms with van der Waals surface area (Å²) in [6.07, 6.45) is 4.39. The molecule has 3 aromatic rings. The Morgan fingerprint density at radius 3 is 2.41 bits per heavy atom. The zero-order chi connectivity index (χ0) is 20.8. The fourth-order valence-corrected chi connectivity index (χ4v) is 4.80. The van der Waals surface area contributed by atoms with Crippen LogP contribution in [0.15, 0.2) is 46.3 Å². The minimum Gasteiger partial charge on any atom is -0.493 e. The van der Waals surface area contributed by atoms with Crippen molar-refractivity contribution < 1.29 is 14.3 Å². The lowest BCUT2D eigenvalue weighted by Crippen LogP contribution is -2.18. The van der Waals surface area contributed by atoms with Gasteiger partial charge in [0.05, 0.1) is 30.9 Å². The first-order valence-electron chi connectivity index (χ1n) is 9.04. The molecule has 0 spiro atoms. The number of carbonyl (C=O) groups excluding carboxylic acids is 1. The summed E-state index contributed by atoms with van der Waals surface area (Å²) < 4.78 is 14.0. The van der Waals surface area contributed by atoms with E-state index in [0.717, 1.165) is 28.1 Å². The Morgan fingerprint density at radius 2 is 1.79 bits per heavy atom. The van der Waals surface area contributed by atoms with E-state index in [0.29, 0.717) is 16.3 Å². The molecule has 0 saturated heterocycles. The first kappa shape index (κ1) is 21.8. The number of carbonyl (C=O) groups is 1. The number of aryl methyl sites for hydroxylation is 1. The van der Waals surface area contributed by atoms with Gasteiger partial charge in [0, 0.05) is 29.3 Å². The van der Waals surface area contributed by atoms with Crippen LogP contribution in [0.4, 0.5) is 0 Å². The van der Waals surface area contributed by atoms with Crippen LogP contribution >= 0.6 is 34.9 Å².